The number of urea groups is 1. The summed E-state index contributed by atoms with van der Waals surface area (Å²) >= 11 is 0. The summed E-state index contributed by atoms with van der Waals surface area (Å²) in [5, 5.41) is 8.63. The van der Waals surface area contributed by atoms with Gasteiger partial charge in [-0.05, 0) is 42.5 Å². The molecule has 0 spiro atoms. The quantitative estimate of drug-likeness (QED) is 0.568. The number of nitrogens with one attached hydrogen (secondary N) is 4. The third-order valence-corrected chi connectivity index (χ3v) is 3.61. The highest BCUT2D eigenvalue weighted by atomic mass is 19.4. The minimum Gasteiger partial charge on any atom is -0.376 e. The molecule has 0 bridgehead atoms. The Balaban J connectivity index is 2.16. The number of hydrogen-bond donors (Lipinski definition) is 4. The standard InChI is InChI=1S/C18H16F4N4O3/c1-23-17(29)26-15(27)9-24-14-7-6-12(8-13(14)18(20,21)22)25-16(28)10-2-4-11(19)5-3-10/h2-8,24H,9H2,1H3,(H,25,28)(H2,23,26,27,29). The zero-order valence-electron chi connectivity index (χ0n) is 15.0. The van der Waals surface area contributed by atoms with E-state index in [1.165, 1.54) is 25.2 Å². The zero-order chi connectivity index (χ0) is 21.6. The van der Waals surface area contributed by atoms with Crippen molar-refractivity contribution in [1.82, 2.24) is 10.6 Å². The molecule has 2 aromatic carbocycles. The van der Waals surface area contributed by atoms with Crippen molar-refractivity contribution in [3.8, 4) is 0 Å². The second kappa shape index (κ2) is 9.04. The molecule has 0 atom stereocenters. The van der Waals surface area contributed by atoms with Crippen molar-refractivity contribution in [1.29, 1.82) is 0 Å². The Morgan fingerprint density at radius 1 is 1.00 bits per heavy atom. The van der Waals surface area contributed by atoms with Crippen molar-refractivity contribution in [2.24, 2.45) is 0 Å². The van der Waals surface area contributed by atoms with E-state index in [4.69, 9.17) is 0 Å². The summed E-state index contributed by atoms with van der Waals surface area (Å²) < 4.78 is 53.0. The van der Waals surface area contributed by atoms with Crippen LogP contribution in [0.2, 0.25) is 0 Å². The molecule has 2 aromatic rings. The SMILES string of the molecule is CNC(=O)NC(=O)CNc1ccc(NC(=O)c2ccc(F)cc2)cc1C(F)(F)F. The summed E-state index contributed by atoms with van der Waals surface area (Å²) in [6.45, 7) is -0.586. The largest absolute Gasteiger partial charge is 0.418 e. The van der Waals surface area contributed by atoms with Crippen LogP contribution in [0.4, 0.5) is 33.7 Å². The molecule has 2 rings (SSSR count). The van der Waals surface area contributed by atoms with Crippen LogP contribution in [-0.2, 0) is 11.0 Å². The van der Waals surface area contributed by atoms with Gasteiger partial charge in [-0.3, -0.25) is 14.9 Å². The average molecular weight is 412 g/mol. The van der Waals surface area contributed by atoms with Crippen molar-refractivity contribution in [2.75, 3.05) is 24.2 Å². The predicted octanol–water partition coefficient (Wildman–Crippen LogP) is 2.96. The van der Waals surface area contributed by atoms with Gasteiger partial charge in [0.1, 0.15) is 5.82 Å². The van der Waals surface area contributed by atoms with Crippen LogP contribution in [0.25, 0.3) is 0 Å². The molecule has 0 fully saturated rings. The summed E-state index contributed by atoms with van der Waals surface area (Å²) in [5.41, 5.74) is -1.62. The minimum atomic E-state index is -4.78. The Morgan fingerprint density at radius 2 is 1.66 bits per heavy atom. The molecular formula is C18H16F4N4O3. The normalized spacial score (nSPS) is 10.8. The Hall–Kier alpha value is -3.63. The van der Waals surface area contributed by atoms with Crippen molar-refractivity contribution in [2.45, 2.75) is 6.18 Å². The number of imide groups is 1. The molecule has 0 aromatic heterocycles. The molecular weight excluding hydrogens is 396 g/mol. The van der Waals surface area contributed by atoms with E-state index in [9.17, 15) is 31.9 Å². The number of benzene rings is 2. The fraction of sp³-hybridized carbons (Fsp3) is 0.167. The van der Waals surface area contributed by atoms with Crippen LogP contribution in [0, 0.1) is 5.82 Å². The first-order valence-electron chi connectivity index (χ1n) is 8.13. The third kappa shape index (κ3) is 6.19. The van der Waals surface area contributed by atoms with Gasteiger partial charge < -0.3 is 16.0 Å². The molecule has 0 unspecified atom stereocenters. The van der Waals surface area contributed by atoms with E-state index in [0.29, 0.717) is 6.07 Å². The molecule has 0 saturated heterocycles. The maximum absolute atomic E-state index is 13.4. The Labute approximate surface area is 162 Å². The number of anilines is 2. The van der Waals surface area contributed by atoms with Gasteiger partial charge in [0.25, 0.3) is 5.91 Å². The monoisotopic (exact) mass is 412 g/mol. The zero-order valence-corrected chi connectivity index (χ0v) is 15.0. The van der Waals surface area contributed by atoms with E-state index in [2.05, 4.69) is 16.0 Å². The van der Waals surface area contributed by atoms with Gasteiger partial charge in [-0.25, -0.2) is 9.18 Å². The second-order valence-corrected chi connectivity index (χ2v) is 5.70. The molecule has 0 radical (unpaired) electrons. The molecule has 29 heavy (non-hydrogen) atoms. The fourth-order valence-corrected chi connectivity index (χ4v) is 2.22. The van der Waals surface area contributed by atoms with Crippen LogP contribution in [-0.4, -0.2) is 31.4 Å². The number of amides is 4. The van der Waals surface area contributed by atoms with Gasteiger partial charge in [-0.1, -0.05) is 0 Å². The van der Waals surface area contributed by atoms with Crippen molar-refractivity contribution >= 4 is 29.2 Å². The number of rotatable bonds is 5. The summed E-state index contributed by atoms with van der Waals surface area (Å²) in [6, 6.07) is 6.62. The summed E-state index contributed by atoms with van der Waals surface area (Å²) in [6.07, 6.45) is -4.78. The van der Waals surface area contributed by atoms with Crippen molar-refractivity contribution < 1.29 is 31.9 Å². The topological polar surface area (TPSA) is 99.3 Å². The van der Waals surface area contributed by atoms with Crippen molar-refractivity contribution in [3.05, 3.63) is 59.4 Å². The highest BCUT2D eigenvalue weighted by Gasteiger charge is 2.34. The molecule has 11 heteroatoms. The number of alkyl halides is 3. The maximum Gasteiger partial charge on any atom is 0.418 e. The lowest BCUT2D eigenvalue weighted by atomic mass is 10.1. The van der Waals surface area contributed by atoms with Crippen LogP contribution in [0.3, 0.4) is 0 Å². The summed E-state index contributed by atoms with van der Waals surface area (Å²) in [4.78, 5) is 34.7. The molecule has 0 aliphatic carbocycles. The Bertz CT molecular complexity index is 914. The Kier molecular flexibility index (Phi) is 6.75. The molecule has 7 nitrogen and oxygen atoms in total. The second-order valence-electron chi connectivity index (χ2n) is 5.70. The molecule has 4 N–H and O–H groups in total. The first-order valence-corrected chi connectivity index (χ1v) is 8.13. The number of halogens is 4. The molecule has 0 aliphatic rings. The van der Waals surface area contributed by atoms with Crippen LogP contribution in [0.1, 0.15) is 15.9 Å². The minimum absolute atomic E-state index is 0.0630. The summed E-state index contributed by atoms with van der Waals surface area (Å²) in [5.74, 6) is -2.12. The maximum atomic E-state index is 13.4. The van der Waals surface area contributed by atoms with Gasteiger partial charge in [0, 0.05) is 24.0 Å². The van der Waals surface area contributed by atoms with Gasteiger partial charge >= 0.3 is 12.2 Å². The lowest BCUT2D eigenvalue weighted by Crippen LogP contribution is -2.40. The van der Waals surface area contributed by atoms with Crippen LogP contribution < -0.4 is 21.3 Å². The van der Waals surface area contributed by atoms with Gasteiger partial charge in [-0.2, -0.15) is 13.2 Å². The molecule has 0 aliphatic heterocycles. The lowest BCUT2D eigenvalue weighted by molar-refractivity contribution is -0.137. The fourth-order valence-electron chi connectivity index (χ4n) is 2.22. The number of carbonyl (C=O) groups excluding carboxylic acids is 3. The Morgan fingerprint density at radius 3 is 2.24 bits per heavy atom. The van der Waals surface area contributed by atoms with Gasteiger partial charge in [0.2, 0.25) is 5.91 Å². The lowest BCUT2D eigenvalue weighted by Gasteiger charge is -2.16. The van der Waals surface area contributed by atoms with Gasteiger partial charge in [0.15, 0.2) is 0 Å². The smallest absolute Gasteiger partial charge is 0.376 e. The van der Waals surface area contributed by atoms with E-state index in [0.717, 1.165) is 18.2 Å². The van der Waals surface area contributed by atoms with Gasteiger partial charge in [0.05, 0.1) is 12.1 Å². The van der Waals surface area contributed by atoms with E-state index in [1.807, 2.05) is 5.32 Å². The van der Waals surface area contributed by atoms with E-state index < -0.39 is 47.6 Å². The first-order chi connectivity index (χ1) is 13.6. The van der Waals surface area contributed by atoms with E-state index in [-0.39, 0.29) is 11.3 Å². The van der Waals surface area contributed by atoms with Crippen LogP contribution in [0.15, 0.2) is 42.5 Å². The third-order valence-electron chi connectivity index (χ3n) is 3.61. The molecule has 0 heterocycles. The average Bonchev–Trinajstić information content (AvgIpc) is 2.66. The first kappa shape index (κ1) is 21.7. The highest BCUT2D eigenvalue weighted by Crippen LogP contribution is 2.36. The van der Waals surface area contributed by atoms with Crippen molar-refractivity contribution in [3.63, 3.8) is 0 Å². The number of carbonyl (C=O) groups is 3. The van der Waals surface area contributed by atoms with Crippen LogP contribution in [0.5, 0.6) is 0 Å². The number of hydrogen-bond acceptors (Lipinski definition) is 4. The predicted molar refractivity (Wildman–Crippen MR) is 96.9 cm³/mol. The van der Waals surface area contributed by atoms with Gasteiger partial charge in [-0.15, -0.1) is 0 Å². The van der Waals surface area contributed by atoms with Crippen LogP contribution >= 0.6 is 0 Å². The highest BCUT2D eigenvalue weighted by molar-refractivity contribution is 6.04. The molecule has 4 amide bonds. The molecule has 154 valence electrons. The van der Waals surface area contributed by atoms with E-state index >= 15 is 0 Å². The molecule has 0 saturated carbocycles. The summed E-state index contributed by atoms with van der Waals surface area (Å²) in [7, 11) is 1.27. The van der Waals surface area contributed by atoms with E-state index in [1.54, 1.807) is 0 Å².